The number of hydrogen-bond acceptors (Lipinski definition) is 2. The predicted molar refractivity (Wildman–Crippen MR) is 165 cm³/mol. The zero-order valence-electron chi connectivity index (χ0n) is 22.5. The Morgan fingerprint density at radius 3 is 1.80 bits per heavy atom. The zero-order valence-corrected chi connectivity index (χ0v) is 22.5. The second-order valence-electron chi connectivity index (χ2n) is 11.2. The molecular formula is C38H27NO. The number of nitrogens with zero attached hydrogens (tertiary/aromatic N) is 1. The molecule has 0 saturated carbocycles. The molecule has 40 heavy (non-hydrogen) atoms. The number of furan rings is 1. The largest absolute Gasteiger partial charge is 0.456 e. The lowest BCUT2D eigenvalue weighted by atomic mass is 9.81. The smallest absolute Gasteiger partial charge is 0.136 e. The molecule has 0 spiro atoms. The third-order valence-corrected chi connectivity index (χ3v) is 8.47. The number of fused-ring (bicyclic) bond motifs is 6. The van der Waals surface area contributed by atoms with E-state index in [9.17, 15) is 0 Å². The summed E-state index contributed by atoms with van der Waals surface area (Å²) in [6.07, 6.45) is 0. The minimum absolute atomic E-state index is 0.0988. The Bertz CT molecular complexity index is 2010. The van der Waals surface area contributed by atoms with E-state index >= 15 is 0 Å². The van der Waals surface area contributed by atoms with Gasteiger partial charge >= 0.3 is 0 Å². The van der Waals surface area contributed by atoms with Gasteiger partial charge in [0.1, 0.15) is 11.2 Å². The molecule has 0 aliphatic heterocycles. The molecular weight excluding hydrogens is 486 g/mol. The van der Waals surface area contributed by atoms with Crippen molar-refractivity contribution in [3.63, 3.8) is 0 Å². The van der Waals surface area contributed by atoms with Crippen molar-refractivity contribution in [1.82, 2.24) is 4.98 Å². The van der Waals surface area contributed by atoms with Gasteiger partial charge < -0.3 is 4.42 Å². The van der Waals surface area contributed by atoms with Crippen LogP contribution in [0.5, 0.6) is 0 Å². The van der Waals surface area contributed by atoms with Gasteiger partial charge in [0.05, 0.1) is 11.4 Å². The first-order valence-electron chi connectivity index (χ1n) is 13.8. The van der Waals surface area contributed by atoms with Gasteiger partial charge in [-0.25, -0.2) is 4.98 Å². The van der Waals surface area contributed by atoms with E-state index < -0.39 is 0 Å². The molecule has 0 radical (unpaired) electrons. The molecule has 0 unspecified atom stereocenters. The molecule has 0 bridgehead atoms. The van der Waals surface area contributed by atoms with Gasteiger partial charge in [0.25, 0.3) is 0 Å². The fourth-order valence-electron chi connectivity index (χ4n) is 6.36. The molecule has 2 nitrogen and oxygen atoms in total. The first-order valence-corrected chi connectivity index (χ1v) is 13.8. The molecule has 190 valence electrons. The van der Waals surface area contributed by atoms with Crippen LogP contribution < -0.4 is 0 Å². The van der Waals surface area contributed by atoms with Crippen LogP contribution in [0.3, 0.4) is 0 Å². The summed E-state index contributed by atoms with van der Waals surface area (Å²) in [4.78, 5) is 5.07. The lowest BCUT2D eigenvalue weighted by molar-refractivity contribution is 0.658. The van der Waals surface area contributed by atoms with Crippen LogP contribution in [0.15, 0.2) is 132 Å². The highest BCUT2D eigenvalue weighted by molar-refractivity contribution is 6.07. The lowest BCUT2D eigenvalue weighted by Gasteiger charge is -2.21. The first-order chi connectivity index (χ1) is 19.6. The summed E-state index contributed by atoms with van der Waals surface area (Å²) in [6, 6.07) is 45.2. The van der Waals surface area contributed by atoms with E-state index in [0.717, 1.165) is 39.2 Å². The van der Waals surface area contributed by atoms with Crippen molar-refractivity contribution in [2.45, 2.75) is 19.3 Å². The Labute approximate surface area is 233 Å². The van der Waals surface area contributed by atoms with Crippen LogP contribution in [0.25, 0.3) is 66.7 Å². The van der Waals surface area contributed by atoms with E-state index in [2.05, 4.69) is 123 Å². The quantitative estimate of drug-likeness (QED) is 0.235. The van der Waals surface area contributed by atoms with Gasteiger partial charge in [-0.1, -0.05) is 105 Å². The highest BCUT2D eigenvalue weighted by atomic mass is 16.3. The minimum Gasteiger partial charge on any atom is -0.456 e. The third kappa shape index (κ3) is 3.46. The molecule has 0 atom stereocenters. The Kier molecular flexibility index (Phi) is 4.90. The number of hydrogen-bond donors (Lipinski definition) is 0. The maximum absolute atomic E-state index is 6.30. The standard InChI is InChI=1S/C38H27NO/c1-38(2)32-18-17-26(19-29(32)30-23-37-31(22-33(30)38)28-15-9-10-16-36(28)40-37)27-20-34(24-11-5-3-6-12-24)39-35(21-27)25-13-7-4-8-14-25/h3-23H,1-2H3. The fourth-order valence-corrected chi connectivity index (χ4v) is 6.36. The molecule has 5 aromatic carbocycles. The molecule has 2 aromatic heterocycles. The maximum Gasteiger partial charge on any atom is 0.136 e. The van der Waals surface area contributed by atoms with Crippen LogP contribution in [-0.4, -0.2) is 4.98 Å². The van der Waals surface area contributed by atoms with Crippen LogP contribution in [0, 0.1) is 0 Å². The molecule has 1 aliphatic rings. The molecule has 2 heteroatoms. The van der Waals surface area contributed by atoms with Gasteiger partial charge in [0.2, 0.25) is 0 Å². The zero-order chi connectivity index (χ0) is 26.8. The van der Waals surface area contributed by atoms with Crippen LogP contribution >= 0.6 is 0 Å². The van der Waals surface area contributed by atoms with E-state index in [1.807, 2.05) is 18.2 Å². The average Bonchev–Trinajstić information content (AvgIpc) is 3.48. The number of aromatic nitrogens is 1. The molecule has 0 fully saturated rings. The van der Waals surface area contributed by atoms with Crippen LogP contribution in [-0.2, 0) is 5.41 Å². The highest BCUT2D eigenvalue weighted by Crippen LogP contribution is 2.51. The normalized spacial score (nSPS) is 13.4. The van der Waals surface area contributed by atoms with Gasteiger partial charge in [-0.3, -0.25) is 0 Å². The average molecular weight is 514 g/mol. The van der Waals surface area contributed by atoms with Crippen LogP contribution in [0.4, 0.5) is 0 Å². The van der Waals surface area contributed by atoms with E-state index in [1.165, 1.54) is 38.6 Å². The summed E-state index contributed by atoms with van der Waals surface area (Å²) in [5.74, 6) is 0. The SMILES string of the molecule is CC1(C)c2ccc(-c3cc(-c4ccccc4)nc(-c4ccccc4)c3)cc2-c2cc3oc4ccccc4c3cc21. The van der Waals surface area contributed by atoms with E-state index in [-0.39, 0.29) is 5.41 Å². The topological polar surface area (TPSA) is 26.0 Å². The predicted octanol–water partition coefficient (Wildman–Crippen LogP) is 10.3. The van der Waals surface area contributed by atoms with Crippen molar-refractivity contribution in [2.24, 2.45) is 0 Å². The summed E-state index contributed by atoms with van der Waals surface area (Å²) in [7, 11) is 0. The molecule has 0 amide bonds. The molecule has 0 N–H and O–H groups in total. The summed E-state index contributed by atoms with van der Waals surface area (Å²) >= 11 is 0. The minimum atomic E-state index is -0.0988. The molecule has 8 rings (SSSR count). The monoisotopic (exact) mass is 513 g/mol. The van der Waals surface area contributed by atoms with Crippen molar-refractivity contribution >= 4 is 21.9 Å². The van der Waals surface area contributed by atoms with Crippen LogP contribution in [0.2, 0.25) is 0 Å². The molecule has 2 heterocycles. The summed E-state index contributed by atoms with van der Waals surface area (Å²) in [5.41, 5.74) is 13.5. The third-order valence-electron chi connectivity index (χ3n) is 8.47. The number of rotatable bonds is 3. The van der Waals surface area contributed by atoms with Gasteiger partial charge in [-0.15, -0.1) is 0 Å². The van der Waals surface area contributed by atoms with Crippen molar-refractivity contribution < 1.29 is 4.42 Å². The molecule has 1 aliphatic carbocycles. The van der Waals surface area contributed by atoms with E-state index in [4.69, 9.17) is 9.40 Å². The van der Waals surface area contributed by atoms with Crippen molar-refractivity contribution in [1.29, 1.82) is 0 Å². The maximum atomic E-state index is 6.30. The first kappa shape index (κ1) is 23.0. The number of benzene rings is 5. The Morgan fingerprint density at radius 2 is 1.10 bits per heavy atom. The van der Waals surface area contributed by atoms with Gasteiger partial charge in [0.15, 0.2) is 0 Å². The van der Waals surface area contributed by atoms with Gasteiger partial charge in [-0.2, -0.15) is 0 Å². The van der Waals surface area contributed by atoms with Gasteiger partial charge in [0, 0.05) is 27.3 Å². The fraction of sp³-hybridized carbons (Fsp3) is 0.0789. The second kappa shape index (κ2) is 8.53. The molecule has 0 saturated heterocycles. The van der Waals surface area contributed by atoms with E-state index in [0.29, 0.717) is 0 Å². The van der Waals surface area contributed by atoms with Crippen LogP contribution in [0.1, 0.15) is 25.0 Å². The van der Waals surface area contributed by atoms with Crippen molar-refractivity contribution in [3.8, 4) is 44.8 Å². The number of pyridine rings is 1. The summed E-state index contributed by atoms with van der Waals surface area (Å²) in [6.45, 7) is 4.66. The van der Waals surface area contributed by atoms with Crippen molar-refractivity contribution in [3.05, 3.63) is 139 Å². The summed E-state index contributed by atoms with van der Waals surface area (Å²) in [5, 5.41) is 2.36. The lowest BCUT2D eigenvalue weighted by Crippen LogP contribution is -2.14. The Hall–Kier alpha value is -4.95. The highest BCUT2D eigenvalue weighted by Gasteiger charge is 2.36. The Balaban J connectivity index is 1.33. The van der Waals surface area contributed by atoms with E-state index in [1.54, 1.807) is 0 Å². The molecule has 7 aromatic rings. The summed E-state index contributed by atoms with van der Waals surface area (Å²) < 4.78 is 6.30. The van der Waals surface area contributed by atoms with Crippen molar-refractivity contribution in [2.75, 3.05) is 0 Å². The Morgan fingerprint density at radius 1 is 0.475 bits per heavy atom. The second-order valence-corrected chi connectivity index (χ2v) is 11.2. The van der Waals surface area contributed by atoms with Gasteiger partial charge in [-0.05, 0) is 69.8 Å². The number of para-hydroxylation sites is 1.